The summed E-state index contributed by atoms with van der Waals surface area (Å²) in [5.74, 6) is -0.915. The Bertz CT molecular complexity index is 1300. The molecule has 0 atom stereocenters. The minimum Gasteiger partial charge on any atom is -0.383 e. The van der Waals surface area contributed by atoms with E-state index in [0.717, 1.165) is 18.5 Å². The quantitative estimate of drug-likeness (QED) is 0.453. The number of halogens is 2. The lowest BCUT2D eigenvalue weighted by molar-refractivity contribution is -0.118. The molecule has 10 heteroatoms. The molecule has 1 saturated carbocycles. The predicted molar refractivity (Wildman–Crippen MR) is 131 cm³/mol. The van der Waals surface area contributed by atoms with E-state index >= 15 is 4.39 Å². The Labute approximate surface area is 207 Å². The van der Waals surface area contributed by atoms with Crippen LogP contribution in [-0.4, -0.2) is 26.6 Å². The van der Waals surface area contributed by atoms with Crippen LogP contribution in [-0.2, 0) is 17.6 Å². The molecule has 35 heavy (non-hydrogen) atoms. The number of carbonyl (C=O) groups excluding carboxylic acids is 2. The predicted octanol–water partition coefficient (Wildman–Crippen LogP) is 4.85. The fraction of sp³-hybridized carbons (Fsp3) is 0.440. The van der Waals surface area contributed by atoms with Crippen molar-refractivity contribution in [2.24, 2.45) is 11.1 Å². The third-order valence-electron chi connectivity index (χ3n) is 6.45. The molecular weight excluding hydrogens is 473 g/mol. The molecule has 1 aliphatic rings. The molecule has 0 saturated heterocycles. The molecule has 0 spiro atoms. The molecule has 1 aliphatic carbocycles. The van der Waals surface area contributed by atoms with Crippen LogP contribution in [0.4, 0.5) is 10.2 Å². The summed E-state index contributed by atoms with van der Waals surface area (Å²) in [6, 6.07) is 4.62. The van der Waals surface area contributed by atoms with Gasteiger partial charge in [-0.1, -0.05) is 42.7 Å². The van der Waals surface area contributed by atoms with Crippen molar-refractivity contribution < 1.29 is 18.5 Å². The highest BCUT2D eigenvalue weighted by molar-refractivity contribution is 6.33. The number of primary amides is 1. The maximum absolute atomic E-state index is 15.2. The van der Waals surface area contributed by atoms with Crippen molar-refractivity contribution in [2.45, 2.75) is 65.3 Å². The first-order valence-electron chi connectivity index (χ1n) is 11.5. The standard InChI is InChI=1S/C25H29ClFN5O3/c1-12(2)32-23(28)19(24(29)34)22(30-32)17-6-5-13(21(27)20(17)26)7-15(33)8-16-9-18(31-35-16)14-10-25(3,4)11-14/h5-6,9,12,14H,7-8,10-11,28H2,1-4H3,(H2,29,34). The average Bonchev–Trinajstić information content (AvgIpc) is 3.34. The van der Waals surface area contributed by atoms with Crippen molar-refractivity contribution in [2.75, 3.05) is 5.73 Å². The van der Waals surface area contributed by atoms with Gasteiger partial charge in [-0.25, -0.2) is 9.07 Å². The first-order chi connectivity index (χ1) is 16.4. The topological polar surface area (TPSA) is 130 Å². The largest absolute Gasteiger partial charge is 0.383 e. The Morgan fingerprint density at radius 2 is 1.97 bits per heavy atom. The molecule has 0 aliphatic heterocycles. The Kier molecular flexibility index (Phi) is 6.48. The average molecular weight is 502 g/mol. The lowest BCUT2D eigenvalue weighted by Crippen LogP contribution is -2.29. The molecule has 186 valence electrons. The van der Waals surface area contributed by atoms with Gasteiger partial charge in [0.05, 0.1) is 17.1 Å². The summed E-state index contributed by atoms with van der Waals surface area (Å²) < 4.78 is 21.9. The summed E-state index contributed by atoms with van der Waals surface area (Å²) in [4.78, 5) is 24.7. The summed E-state index contributed by atoms with van der Waals surface area (Å²) >= 11 is 6.32. The Morgan fingerprint density at radius 3 is 2.57 bits per heavy atom. The number of carbonyl (C=O) groups is 2. The fourth-order valence-corrected chi connectivity index (χ4v) is 5.01. The molecule has 4 N–H and O–H groups in total. The molecule has 2 heterocycles. The zero-order chi connectivity index (χ0) is 25.7. The van der Waals surface area contributed by atoms with Crippen LogP contribution < -0.4 is 11.5 Å². The summed E-state index contributed by atoms with van der Waals surface area (Å²) in [6.45, 7) is 8.08. The van der Waals surface area contributed by atoms with Crippen molar-refractivity contribution in [3.8, 4) is 11.3 Å². The highest BCUT2D eigenvalue weighted by atomic mass is 35.5. The highest BCUT2D eigenvalue weighted by Crippen LogP contribution is 2.50. The Balaban J connectivity index is 1.52. The van der Waals surface area contributed by atoms with Crippen molar-refractivity contribution in [3.63, 3.8) is 0 Å². The van der Waals surface area contributed by atoms with Crippen LogP contribution in [0, 0.1) is 11.2 Å². The molecule has 0 unspecified atom stereocenters. The van der Waals surface area contributed by atoms with Crippen LogP contribution >= 0.6 is 11.6 Å². The molecule has 3 aromatic rings. The molecular formula is C25H29ClFN5O3. The maximum atomic E-state index is 15.2. The number of hydrogen-bond donors (Lipinski definition) is 2. The minimum atomic E-state index is -0.794. The number of amides is 1. The molecule has 1 amide bonds. The van der Waals surface area contributed by atoms with Crippen LogP contribution in [0.5, 0.6) is 0 Å². The van der Waals surface area contributed by atoms with E-state index in [9.17, 15) is 9.59 Å². The maximum Gasteiger partial charge on any atom is 0.254 e. The third-order valence-corrected chi connectivity index (χ3v) is 6.82. The highest BCUT2D eigenvalue weighted by Gasteiger charge is 2.38. The second-order valence-corrected chi connectivity index (χ2v) is 10.7. The number of aromatic nitrogens is 3. The number of nitrogens with zero attached hydrogens (tertiary/aromatic N) is 3. The van der Waals surface area contributed by atoms with Gasteiger partial charge in [-0.15, -0.1) is 0 Å². The van der Waals surface area contributed by atoms with E-state index in [2.05, 4.69) is 24.1 Å². The molecule has 2 aromatic heterocycles. The smallest absolute Gasteiger partial charge is 0.254 e. The van der Waals surface area contributed by atoms with Crippen LogP contribution in [0.25, 0.3) is 11.3 Å². The number of Topliss-reactive ketones (excluding diaryl/α,β-unsaturated/α-hetero) is 1. The fourth-order valence-electron chi connectivity index (χ4n) is 4.74. The Morgan fingerprint density at radius 1 is 1.29 bits per heavy atom. The van der Waals surface area contributed by atoms with Gasteiger partial charge in [0.25, 0.3) is 5.91 Å². The Hall–Kier alpha value is -3.20. The number of rotatable bonds is 8. The zero-order valence-electron chi connectivity index (χ0n) is 20.2. The van der Waals surface area contributed by atoms with Crippen LogP contribution in [0.2, 0.25) is 5.02 Å². The normalized spacial score (nSPS) is 15.4. The molecule has 8 nitrogen and oxygen atoms in total. The van der Waals surface area contributed by atoms with Crippen LogP contribution in [0.15, 0.2) is 22.7 Å². The molecule has 1 aromatic carbocycles. The van der Waals surface area contributed by atoms with Gasteiger partial charge >= 0.3 is 0 Å². The molecule has 4 rings (SSSR count). The van der Waals surface area contributed by atoms with Crippen molar-refractivity contribution in [1.82, 2.24) is 14.9 Å². The second kappa shape index (κ2) is 9.11. The summed E-state index contributed by atoms with van der Waals surface area (Å²) in [7, 11) is 0. The number of anilines is 1. The van der Waals surface area contributed by atoms with Gasteiger partial charge in [-0.2, -0.15) is 5.10 Å². The summed E-state index contributed by atoms with van der Waals surface area (Å²) in [5.41, 5.74) is 13.1. The van der Waals surface area contributed by atoms with Crippen molar-refractivity contribution in [1.29, 1.82) is 0 Å². The van der Waals surface area contributed by atoms with Crippen LogP contribution in [0.1, 0.15) is 79.9 Å². The van der Waals surface area contributed by atoms with Gasteiger partial charge in [-0.3, -0.25) is 9.59 Å². The van der Waals surface area contributed by atoms with Gasteiger partial charge in [-0.05, 0) is 37.7 Å². The van der Waals surface area contributed by atoms with E-state index in [4.69, 9.17) is 27.6 Å². The van der Waals surface area contributed by atoms with Gasteiger partial charge in [0.1, 0.15) is 34.4 Å². The van der Waals surface area contributed by atoms with E-state index in [0.29, 0.717) is 17.1 Å². The van der Waals surface area contributed by atoms with Crippen molar-refractivity contribution in [3.05, 3.63) is 51.6 Å². The van der Waals surface area contributed by atoms with Gasteiger partial charge in [0.15, 0.2) is 0 Å². The zero-order valence-corrected chi connectivity index (χ0v) is 20.9. The third kappa shape index (κ3) is 4.82. The first kappa shape index (κ1) is 24.9. The van der Waals surface area contributed by atoms with E-state index in [1.165, 1.54) is 16.8 Å². The van der Waals surface area contributed by atoms with Gasteiger partial charge in [0.2, 0.25) is 0 Å². The molecule has 1 fully saturated rings. The lowest BCUT2D eigenvalue weighted by atomic mass is 9.63. The van der Waals surface area contributed by atoms with Gasteiger partial charge in [0, 0.05) is 30.0 Å². The SMILES string of the molecule is CC(C)n1nc(-c2ccc(CC(=O)Cc3cc(C4CC(C)(C)C4)no3)c(F)c2Cl)c(C(N)=O)c1N. The number of ketones is 1. The molecule has 0 radical (unpaired) electrons. The lowest BCUT2D eigenvalue weighted by Gasteiger charge is -2.41. The van der Waals surface area contributed by atoms with E-state index in [1.54, 1.807) is 0 Å². The number of nitrogens with two attached hydrogens (primary N) is 2. The van der Waals surface area contributed by atoms with E-state index < -0.39 is 11.7 Å². The number of nitrogen functional groups attached to an aromatic ring is 1. The number of hydrogen-bond acceptors (Lipinski definition) is 6. The van der Waals surface area contributed by atoms with E-state index in [1.807, 2.05) is 19.9 Å². The monoisotopic (exact) mass is 501 g/mol. The first-order valence-corrected chi connectivity index (χ1v) is 11.9. The second-order valence-electron chi connectivity index (χ2n) is 10.3. The number of benzene rings is 1. The van der Waals surface area contributed by atoms with E-state index in [-0.39, 0.29) is 57.9 Å². The van der Waals surface area contributed by atoms with Crippen molar-refractivity contribution >= 4 is 29.1 Å². The van der Waals surface area contributed by atoms with Gasteiger partial charge < -0.3 is 16.0 Å². The summed E-state index contributed by atoms with van der Waals surface area (Å²) in [5, 5.41) is 8.18. The molecule has 0 bridgehead atoms. The summed E-state index contributed by atoms with van der Waals surface area (Å²) in [6.07, 6.45) is 1.88. The van der Waals surface area contributed by atoms with Crippen LogP contribution in [0.3, 0.4) is 0 Å². The minimum absolute atomic E-state index is 0.00305.